The fourth-order valence-corrected chi connectivity index (χ4v) is 6.34. The minimum absolute atomic E-state index is 0.880. The van der Waals surface area contributed by atoms with Gasteiger partial charge in [0, 0.05) is 10.9 Å². The Morgan fingerprint density at radius 1 is 0.548 bits per heavy atom. The van der Waals surface area contributed by atoms with E-state index in [1.54, 1.807) is 6.08 Å². The second-order valence-electron chi connectivity index (χ2n) is 10.7. The number of aryl methyl sites for hydroxylation is 1. The third-order valence-corrected chi connectivity index (χ3v) is 8.34. The fourth-order valence-electron chi connectivity index (χ4n) is 6.34. The maximum atomic E-state index is 6.08. The molecule has 7 aromatic rings. The largest absolute Gasteiger partial charge is 0.461 e. The molecule has 1 heterocycles. The van der Waals surface area contributed by atoms with Crippen molar-refractivity contribution < 1.29 is 4.42 Å². The summed E-state index contributed by atoms with van der Waals surface area (Å²) in [5.74, 6) is 0.898. The van der Waals surface area contributed by atoms with E-state index >= 15 is 0 Å². The van der Waals surface area contributed by atoms with Crippen molar-refractivity contribution in [3.05, 3.63) is 151 Å². The smallest absolute Gasteiger partial charge is 0.134 e. The first-order chi connectivity index (χ1) is 20.6. The van der Waals surface area contributed by atoms with E-state index in [4.69, 9.17) is 4.42 Å². The summed E-state index contributed by atoms with van der Waals surface area (Å²) >= 11 is 0. The second kappa shape index (κ2) is 10.2. The molecule has 0 saturated carbocycles. The zero-order chi connectivity index (χ0) is 28.8. The Balaban J connectivity index is 1.54. The summed E-state index contributed by atoms with van der Waals surface area (Å²) in [4.78, 5) is 0. The first-order valence-electron chi connectivity index (χ1n) is 14.2. The predicted molar refractivity (Wildman–Crippen MR) is 184 cm³/mol. The van der Waals surface area contributed by atoms with Crippen molar-refractivity contribution in [1.82, 2.24) is 0 Å². The van der Waals surface area contributed by atoms with Gasteiger partial charge >= 0.3 is 0 Å². The van der Waals surface area contributed by atoms with Crippen LogP contribution in [0.3, 0.4) is 0 Å². The van der Waals surface area contributed by atoms with E-state index in [-0.39, 0.29) is 0 Å². The maximum Gasteiger partial charge on any atom is 0.134 e. The highest BCUT2D eigenvalue weighted by Crippen LogP contribution is 2.42. The van der Waals surface area contributed by atoms with Crippen molar-refractivity contribution in [2.75, 3.05) is 0 Å². The van der Waals surface area contributed by atoms with Crippen molar-refractivity contribution >= 4 is 61.5 Å². The molecule has 0 amide bonds. The lowest BCUT2D eigenvalue weighted by molar-refractivity contribution is 0.577. The number of hydrogen-bond acceptors (Lipinski definition) is 1. The third-order valence-electron chi connectivity index (χ3n) is 8.34. The molecule has 6 aromatic carbocycles. The van der Waals surface area contributed by atoms with Crippen LogP contribution < -0.4 is 0 Å². The molecule has 0 atom stereocenters. The van der Waals surface area contributed by atoms with Gasteiger partial charge in [0.05, 0.1) is 0 Å². The van der Waals surface area contributed by atoms with Gasteiger partial charge in [-0.25, -0.2) is 0 Å². The molecule has 0 aliphatic rings. The van der Waals surface area contributed by atoms with Crippen molar-refractivity contribution in [2.24, 2.45) is 0 Å². The van der Waals surface area contributed by atoms with Gasteiger partial charge in [0.15, 0.2) is 0 Å². The molecule has 0 aliphatic carbocycles. The molecular formula is C41H30O. The van der Waals surface area contributed by atoms with Gasteiger partial charge in [0.25, 0.3) is 0 Å². The molecule has 0 unspecified atom stereocenters. The lowest BCUT2D eigenvalue weighted by atomic mass is 9.85. The molecule has 0 saturated heterocycles. The Hall–Kier alpha value is -5.40. The zero-order valence-corrected chi connectivity index (χ0v) is 23.7. The zero-order valence-electron chi connectivity index (χ0n) is 23.7. The predicted octanol–water partition coefficient (Wildman–Crippen LogP) is 12.0. The van der Waals surface area contributed by atoms with E-state index in [1.165, 1.54) is 38.1 Å². The van der Waals surface area contributed by atoms with Crippen LogP contribution in [0.1, 0.15) is 22.5 Å². The fraction of sp³-hybridized carbons (Fsp3) is 0.0244. The highest BCUT2D eigenvalue weighted by Gasteiger charge is 2.17. The molecule has 0 fully saturated rings. The van der Waals surface area contributed by atoms with Crippen LogP contribution >= 0.6 is 0 Å². The Bertz CT molecular complexity index is 2250. The number of hydrogen-bond donors (Lipinski definition) is 0. The highest BCUT2D eigenvalue weighted by molar-refractivity contribution is 6.18. The summed E-state index contributed by atoms with van der Waals surface area (Å²) in [6.07, 6.45) is 9.75. The van der Waals surface area contributed by atoms with Crippen LogP contribution in [0.15, 0.2) is 133 Å². The molecule has 0 radical (unpaired) electrons. The van der Waals surface area contributed by atoms with Gasteiger partial charge in [0.1, 0.15) is 11.3 Å². The van der Waals surface area contributed by atoms with E-state index in [9.17, 15) is 0 Å². The number of rotatable bonds is 6. The normalized spacial score (nSPS) is 11.6. The molecule has 0 bridgehead atoms. The average molecular weight is 539 g/mol. The number of benzene rings is 6. The van der Waals surface area contributed by atoms with E-state index in [2.05, 4.69) is 123 Å². The molecule has 1 aromatic heterocycles. The molecule has 42 heavy (non-hydrogen) atoms. The van der Waals surface area contributed by atoms with E-state index in [0.717, 1.165) is 49.9 Å². The maximum absolute atomic E-state index is 6.08. The van der Waals surface area contributed by atoms with Crippen LogP contribution in [0.4, 0.5) is 0 Å². The molecule has 1 nitrogen and oxygen atoms in total. The molecule has 200 valence electrons. The van der Waals surface area contributed by atoms with Gasteiger partial charge in [-0.05, 0) is 103 Å². The quantitative estimate of drug-likeness (QED) is 0.152. The average Bonchev–Trinajstić information content (AvgIpc) is 3.35. The molecule has 0 N–H and O–H groups in total. The summed E-state index contributed by atoms with van der Waals surface area (Å²) in [5.41, 5.74) is 8.79. The second-order valence-corrected chi connectivity index (χ2v) is 10.7. The topological polar surface area (TPSA) is 13.1 Å². The summed E-state index contributed by atoms with van der Waals surface area (Å²) in [7, 11) is 0. The van der Waals surface area contributed by atoms with Crippen molar-refractivity contribution in [3.63, 3.8) is 0 Å². The van der Waals surface area contributed by atoms with Gasteiger partial charge in [-0.3, -0.25) is 0 Å². The molecule has 0 aliphatic heterocycles. The summed E-state index contributed by atoms with van der Waals surface area (Å²) in [6, 6.07) is 35.0. The van der Waals surface area contributed by atoms with Crippen LogP contribution in [-0.4, -0.2) is 0 Å². The van der Waals surface area contributed by atoms with Crippen LogP contribution in [-0.2, 0) is 0 Å². The summed E-state index contributed by atoms with van der Waals surface area (Å²) in [6.45, 7) is 14.3. The first-order valence-corrected chi connectivity index (χ1v) is 14.2. The Kier molecular flexibility index (Phi) is 6.22. The molecule has 1 heteroatoms. The van der Waals surface area contributed by atoms with Gasteiger partial charge in [0.2, 0.25) is 0 Å². The van der Waals surface area contributed by atoms with E-state index < -0.39 is 0 Å². The Labute approximate surface area is 246 Å². The minimum atomic E-state index is 0.880. The number of fused-ring (bicyclic) bond motifs is 5. The van der Waals surface area contributed by atoms with Gasteiger partial charge in [-0.1, -0.05) is 117 Å². The van der Waals surface area contributed by atoms with Crippen LogP contribution in [0.25, 0.3) is 83.8 Å². The van der Waals surface area contributed by atoms with Crippen molar-refractivity contribution in [2.45, 2.75) is 6.92 Å². The van der Waals surface area contributed by atoms with Crippen LogP contribution in [0.5, 0.6) is 0 Å². The van der Waals surface area contributed by atoms with Gasteiger partial charge in [-0.2, -0.15) is 0 Å². The van der Waals surface area contributed by atoms with E-state index in [0.29, 0.717) is 0 Å². The van der Waals surface area contributed by atoms with Gasteiger partial charge < -0.3 is 4.42 Å². The first kappa shape index (κ1) is 25.6. The summed E-state index contributed by atoms with van der Waals surface area (Å²) < 4.78 is 6.08. The van der Waals surface area contributed by atoms with Crippen LogP contribution in [0, 0.1) is 6.92 Å². The SMILES string of the molecule is C=C/C=C\c1c(C)oc2ccc(-c3cc4c(C=C)c(C=C)c(-c5ccc6ccccc6c5)cc4c4ccccc34)cc12. The van der Waals surface area contributed by atoms with E-state index in [1.807, 2.05) is 25.2 Å². The lowest BCUT2D eigenvalue weighted by Crippen LogP contribution is -1.93. The van der Waals surface area contributed by atoms with Crippen LogP contribution in [0.2, 0.25) is 0 Å². The minimum Gasteiger partial charge on any atom is -0.461 e. The molecule has 0 spiro atoms. The van der Waals surface area contributed by atoms with Crippen molar-refractivity contribution in [3.8, 4) is 22.3 Å². The third kappa shape index (κ3) is 4.02. The van der Waals surface area contributed by atoms with Crippen molar-refractivity contribution in [1.29, 1.82) is 0 Å². The number of furan rings is 1. The summed E-state index contributed by atoms with van der Waals surface area (Å²) in [5, 5.41) is 8.32. The standard InChI is InChI=1S/C41H30O/c1-5-8-15-33-26(4)42-41-21-20-30(23-40(33)41)37-25-38-32(7-3)31(6-2)36(24-39(38)35-17-12-11-16-34(35)37)29-19-18-27-13-9-10-14-28(27)22-29/h5-25H,1-3H2,4H3/b15-8-. The Morgan fingerprint density at radius 2 is 1.24 bits per heavy atom. The molecule has 7 rings (SSSR count). The Morgan fingerprint density at radius 3 is 2.02 bits per heavy atom. The monoisotopic (exact) mass is 538 g/mol. The highest BCUT2D eigenvalue weighted by atomic mass is 16.3. The molecular weight excluding hydrogens is 508 g/mol. The number of allylic oxidation sites excluding steroid dienone is 2. The lowest BCUT2D eigenvalue weighted by Gasteiger charge is -2.18. The van der Waals surface area contributed by atoms with Gasteiger partial charge in [-0.15, -0.1) is 0 Å².